The van der Waals surface area contributed by atoms with Crippen molar-refractivity contribution in [2.24, 2.45) is 5.73 Å². The normalized spacial score (nSPS) is 14.4. The maximum absolute atomic E-state index is 14.0. The van der Waals surface area contributed by atoms with Gasteiger partial charge in [0.15, 0.2) is 0 Å². The van der Waals surface area contributed by atoms with Gasteiger partial charge in [-0.2, -0.15) is 0 Å². The number of piperazine rings is 1. The number of nitrogens with two attached hydrogens (primary N) is 1. The van der Waals surface area contributed by atoms with Crippen LogP contribution in [-0.4, -0.2) is 36.1 Å². The van der Waals surface area contributed by atoms with Crippen LogP contribution in [-0.2, 0) is 6.54 Å². The van der Waals surface area contributed by atoms with Crippen molar-refractivity contribution in [2.75, 3.05) is 36.0 Å². The van der Waals surface area contributed by atoms with Gasteiger partial charge in [-0.05, 0) is 42.5 Å². The summed E-state index contributed by atoms with van der Waals surface area (Å²) in [6.07, 6.45) is 0. The van der Waals surface area contributed by atoms with Crippen LogP contribution in [0, 0.1) is 11.6 Å². The van der Waals surface area contributed by atoms with Gasteiger partial charge in [0.1, 0.15) is 11.6 Å². The smallest absolute Gasteiger partial charge is 0.226 e. The maximum Gasteiger partial charge on any atom is 0.226 e. The lowest BCUT2D eigenvalue weighted by Crippen LogP contribution is -2.47. The van der Waals surface area contributed by atoms with Crippen LogP contribution in [0.15, 0.2) is 54.6 Å². The summed E-state index contributed by atoms with van der Waals surface area (Å²) in [7, 11) is 0. The van der Waals surface area contributed by atoms with Crippen LogP contribution in [0.25, 0.3) is 11.3 Å². The first-order valence-electron chi connectivity index (χ1n) is 9.22. The van der Waals surface area contributed by atoms with Crippen LogP contribution in [0.5, 0.6) is 0 Å². The Balaban J connectivity index is 1.55. The van der Waals surface area contributed by atoms with E-state index in [0.29, 0.717) is 50.1 Å². The molecule has 0 amide bonds. The van der Waals surface area contributed by atoms with E-state index in [4.69, 9.17) is 5.73 Å². The topological polar surface area (TPSA) is 58.3 Å². The molecule has 0 radical (unpaired) electrons. The minimum absolute atomic E-state index is 0.212. The van der Waals surface area contributed by atoms with Crippen molar-refractivity contribution in [3.63, 3.8) is 0 Å². The number of nitrogens with zero attached hydrogens (tertiary/aromatic N) is 4. The third-order valence-electron chi connectivity index (χ3n) is 4.87. The number of aromatic nitrogens is 2. The van der Waals surface area contributed by atoms with E-state index in [1.165, 1.54) is 18.2 Å². The fraction of sp³-hybridized carbons (Fsp3) is 0.238. The van der Waals surface area contributed by atoms with Gasteiger partial charge in [0.2, 0.25) is 5.95 Å². The Bertz CT molecular complexity index is 953. The second kappa shape index (κ2) is 7.90. The molecule has 0 aliphatic carbocycles. The molecule has 0 spiro atoms. The van der Waals surface area contributed by atoms with E-state index in [1.54, 1.807) is 24.3 Å². The van der Waals surface area contributed by atoms with E-state index in [2.05, 4.69) is 14.9 Å². The molecule has 1 saturated heterocycles. The minimum atomic E-state index is -0.290. The van der Waals surface area contributed by atoms with E-state index in [-0.39, 0.29) is 11.6 Å². The second-order valence-electron chi connectivity index (χ2n) is 6.68. The summed E-state index contributed by atoms with van der Waals surface area (Å²) in [6.45, 7) is 2.97. The van der Waals surface area contributed by atoms with E-state index in [9.17, 15) is 8.78 Å². The largest absolute Gasteiger partial charge is 0.366 e. The standard InChI is InChI=1S/C21H21F2N5/c22-16-7-5-15(6-8-16)19-13-17(14-24)25-21(26-19)28-11-9-27(10-12-28)20-4-2-1-3-18(20)23/h1-8,13H,9-12,14,24H2. The Labute approximate surface area is 162 Å². The zero-order valence-corrected chi connectivity index (χ0v) is 15.4. The summed E-state index contributed by atoms with van der Waals surface area (Å²) in [6, 6.07) is 14.8. The predicted molar refractivity (Wildman–Crippen MR) is 106 cm³/mol. The molecule has 0 bridgehead atoms. The highest BCUT2D eigenvalue weighted by Crippen LogP contribution is 2.24. The highest BCUT2D eigenvalue weighted by Gasteiger charge is 2.22. The number of para-hydroxylation sites is 1. The molecule has 1 fully saturated rings. The predicted octanol–water partition coefficient (Wildman–Crippen LogP) is 3.21. The fourth-order valence-corrected chi connectivity index (χ4v) is 3.35. The van der Waals surface area contributed by atoms with Crippen LogP contribution in [0.4, 0.5) is 20.4 Å². The van der Waals surface area contributed by atoms with Crippen molar-refractivity contribution >= 4 is 11.6 Å². The number of rotatable bonds is 4. The third kappa shape index (κ3) is 3.80. The second-order valence-corrected chi connectivity index (χ2v) is 6.68. The Morgan fingerprint density at radius 1 is 0.857 bits per heavy atom. The van der Waals surface area contributed by atoms with Gasteiger partial charge in [-0.1, -0.05) is 12.1 Å². The van der Waals surface area contributed by atoms with Gasteiger partial charge >= 0.3 is 0 Å². The molecule has 0 atom stereocenters. The molecule has 28 heavy (non-hydrogen) atoms. The van der Waals surface area contributed by atoms with Gasteiger partial charge in [-0.3, -0.25) is 0 Å². The molecule has 2 N–H and O–H groups in total. The van der Waals surface area contributed by atoms with Gasteiger partial charge in [0, 0.05) is 38.3 Å². The first kappa shape index (κ1) is 18.3. The first-order valence-corrected chi connectivity index (χ1v) is 9.22. The molecule has 3 aromatic rings. The number of anilines is 2. The number of benzene rings is 2. The van der Waals surface area contributed by atoms with Crippen molar-refractivity contribution < 1.29 is 8.78 Å². The SMILES string of the molecule is NCc1cc(-c2ccc(F)cc2)nc(N2CCN(c3ccccc3F)CC2)n1. The molecular weight excluding hydrogens is 360 g/mol. The van der Waals surface area contributed by atoms with Crippen LogP contribution in [0.2, 0.25) is 0 Å². The summed E-state index contributed by atoms with van der Waals surface area (Å²) >= 11 is 0. The van der Waals surface area contributed by atoms with Crippen molar-refractivity contribution in [1.82, 2.24) is 9.97 Å². The van der Waals surface area contributed by atoms with E-state index in [1.807, 2.05) is 17.0 Å². The number of hydrogen-bond acceptors (Lipinski definition) is 5. The Hall–Kier alpha value is -3.06. The van der Waals surface area contributed by atoms with Gasteiger partial charge in [-0.25, -0.2) is 18.7 Å². The Morgan fingerprint density at radius 3 is 2.21 bits per heavy atom. The minimum Gasteiger partial charge on any atom is -0.366 e. The fourth-order valence-electron chi connectivity index (χ4n) is 3.35. The van der Waals surface area contributed by atoms with Crippen molar-refractivity contribution in [3.8, 4) is 11.3 Å². The Morgan fingerprint density at radius 2 is 1.54 bits per heavy atom. The zero-order valence-electron chi connectivity index (χ0n) is 15.4. The molecule has 1 aromatic heterocycles. The lowest BCUT2D eigenvalue weighted by molar-refractivity contribution is 0.593. The Kier molecular flexibility index (Phi) is 5.16. The van der Waals surface area contributed by atoms with Crippen LogP contribution in [0.1, 0.15) is 5.69 Å². The molecule has 1 aliphatic heterocycles. The van der Waals surface area contributed by atoms with Crippen LogP contribution in [0.3, 0.4) is 0 Å². The molecule has 2 aromatic carbocycles. The number of halogens is 2. The van der Waals surface area contributed by atoms with Gasteiger partial charge < -0.3 is 15.5 Å². The summed E-state index contributed by atoms with van der Waals surface area (Å²) < 4.78 is 27.3. The lowest BCUT2D eigenvalue weighted by atomic mass is 10.1. The molecule has 5 nitrogen and oxygen atoms in total. The molecule has 0 unspecified atom stereocenters. The summed E-state index contributed by atoms with van der Waals surface area (Å²) in [5.41, 5.74) is 8.67. The van der Waals surface area contributed by atoms with E-state index < -0.39 is 0 Å². The third-order valence-corrected chi connectivity index (χ3v) is 4.87. The van der Waals surface area contributed by atoms with Gasteiger partial charge in [-0.15, -0.1) is 0 Å². The lowest BCUT2D eigenvalue weighted by Gasteiger charge is -2.36. The molecule has 4 rings (SSSR count). The average molecular weight is 381 g/mol. The maximum atomic E-state index is 14.0. The quantitative estimate of drug-likeness (QED) is 0.752. The molecule has 2 heterocycles. The zero-order chi connectivity index (χ0) is 19.5. The van der Waals surface area contributed by atoms with E-state index >= 15 is 0 Å². The summed E-state index contributed by atoms with van der Waals surface area (Å²) in [4.78, 5) is 13.3. The summed E-state index contributed by atoms with van der Waals surface area (Å²) in [5, 5.41) is 0. The molecular formula is C21H21F2N5. The molecule has 1 aliphatic rings. The average Bonchev–Trinajstić information content (AvgIpc) is 2.74. The molecule has 144 valence electrons. The highest BCUT2D eigenvalue weighted by atomic mass is 19.1. The monoisotopic (exact) mass is 381 g/mol. The molecule has 0 saturated carbocycles. The van der Waals surface area contributed by atoms with E-state index in [0.717, 1.165) is 11.3 Å². The first-order chi connectivity index (χ1) is 13.6. The van der Waals surface area contributed by atoms with Gasteiger partial charge in [0.05, 0.1) is 17.1 Å². The van der Waals surface area contributed by atoms with Crippen LogP contribution >= 0.6 is 0 Å². The van der Waals surface area contributed by atoms with Crippen LogP contribution < -0.4 is 15.5 Å². The van der Waals surface area contributed by atoms with Gasteiger partial charge in [0.25, 0.3) is 0 Å². The van der Waals surface area contributed by atoms with Crippen molar-refractivity contribution in [2.45, 2.75) is 6.54 Å². The van der Waals surface area contributed by atoms with Crippen molar-refractivity contribution in [3.05, 3.63) is 71.9 Å². The highest BCUT2D eigenvalue weighted by molar-refractivity contribution is 5.61. The summed E-state index contributed by atoms with van der Waals surface area (Å²) in [5.74, 6) is 0.0905. The molecule has 7 heteroatoms. The number of hydrogen-bond donors (Lipinski definition) is 1. The van der Waals surface area contributed by atoms with Crippen molar-refractivity contribution in [1.29, 1.82) is 0 Å².